The summed E-state index contributed by atoms with van der Waals surface area (Å²) in [5.41, 5.74) is 3.31. The van der Waals surface area contributed by atoms with Crippen molar-refractivity contribution in [3.8, 4) is 0 Å². The van der Waals surface area contributed by atoms with E-state index in [2.05, 4.69) is 10.2 Å². The van der Waals surface area contributed by atoms with Crippen LogP contribution in [0.5, 0.6) is 0 Å². The third-order valence-corrected chi connectivity index (χ3v) is 7.82. The Morgan fingerprint density at radius 1 is 1.03 bits per heavy atom. The van der Waals surface area contributed by atoms with Crippen LogP contribution in [0.1, 0.15) is 52.4 Å². The van der Waals surface area contributed by atoms with Crippen molar-refractivity contribution in [2.75, 3.05) is 39.8 Å². The number of rotatable bonds is 4. The lowest BCUT2D eigenvalue weighted by Crippen LogP contribution is -2.42. The number of piperidine rings is 1. The van der Waals surface area contributed by atoms with Crippen LogP contribution in [0.3, 0.4) is 0 Å². The molecular weight excluding hydrogens is 433 g/mol. The maximum atomic E-state index is 13.7. The molecule has 0 spiro atoms. The van der Waals surface area contributed by atoms with E-state index in [4.69, 9.17) is 4.74 Å². The van der Waals surface area contributed by atoms with Crippen molar-refractivity contribution in [1.82, 2.24) is 15.1 Å². The summed E-state index contributed by atoms with van der Waals surface area (Å²) in [6, 6.07) is 11.4. The molecule has 0 saturated carbocycles. The van der Waals surface area contributed by atoms with Gasteiger partial charge in [0.2, 0.25) is 0 Å². The van der Waals surface area contributed by atoms with Crippen molar-refractivity contribution in [3.63, 3.8) is 0 Å². The van der Waals surface area contributed by atoms with Gasteiger partial charge in [0.05, 0.1) is 12.6 Å². The van der Waals surface area contributed by atoms with Crippen molar-refractivity contribution >= 4 is 12.0 Å². The summed E-state index contributed by atoms with van der Waals surface area (Å²) in [6.45, 7) is 4.33. The molecule has 2 atom stereocenters. The van der Waals surface area contributed by atoms with Gasteiger partial charge in [-0.05, 0) is 98.1 Å². The Bertz CT molecular complexity index is 1050. The summed E-state index contributed by atoms with van der Waals surface area (Å²) in [7, 11) is 1.60. The SMILES string of the molecule is CNC(=O)c1ccc2c(c1)[C@H](c1ccc(F)cc1)N(C(=O)OCC1CCN3CCC1CC3)CC2. The highest BCUT2D eigenvalue weighted by atomic mass is 19.1. The molecule has 3 fully saturated rings. The molecule has 1 N–H and O–H groups in total. The van der Waals surface area contributed by atoms with Gasteiger partial charge in [-0.25, -0.2) is 9.18 Å². The van der Waals surface area contributed by atoms with Crippen LogP contribution in [-0.2, 0) is 11.2 Å². The number of ether oxygens (including phenoxy) is 1. The van der Waals surface area contributed by atoms with Crippen molar-refractivity contribution in [2.45, 2.75) is 31.7 Å². The maximum Gasteiger partial charge on any atom is 0.410 e. The Balaban J connectivity index is 1.41. The Hall–Kier alpha value is -2.93. The van der Waals surface area contributed by atoms with E-state index in [0.717, 1.165) is 42.7 Å². The first-order chi connectivity index (χ1) is 16.5. The quantitative estimate of drug-likeness (QED) is 0.742. The van der Waals surface area contributed by atoms with Gasteiger partial charge in [0, 0.05) is 19.2 Å². The van der Waals surface area contributed by atoms with Crippen molar-refractivity contribution in [1.29, 1.82) is 0 Å². The number of nitrogens with one attached hydrogen (secondary N) is 1. The Labute approximate surface area is 200 Å². The fourth-order valence-corrected chi connectivity index (χ4v) is 5.81. The van der Waals surface area contributed by atoms with E-state index in [0.29, 0.717) is 37.0 Å². The fourth-order valence-electron chi connectivity index (χ4n) is 5.81. The summed E-state index contributed by atoms with van der Waals surface area (Å²) in [4.78, 5) is 30.0. The average Bonchev–Trinajstić information content (AvgIpc) is 3.19. The van der Waals surface area contributed by atoms with Gasteiger partial charge in [0.25, 0.3) is 5.91 Å². The van der Waals surface area contributed by atoms with E-state index in [9.17, 15) is 14.0 Å². The number of carbonyl (C=O) groups is 2. The number of hydrogen-bond acceptors (Lipinski definition) is 4. The molecule has 0 aromatic heterocycles. The van der Waals surface area contributed by atoms with Crippen LogP contribution in [0.4, 0.5) is 9.18 Å². The normalized spacial score (nSPS) is 25.9. The van der Waals surface area contributed by atoms with Gasteiger partial charge in [-0.15, -0.1) is 0 Å². The Kier molecular flexibility index (Phi) is 6.55. The molecule has 180 valence electrons. The summed E-state index contributed by atoms with van der Waals surface area (Å²) in [6.07, 6.45) is 3.76. The van der Waals surface area contributed by atoms with Crippen LogP contribution in [0, 0.1) is 17.7 Å². The van der Waals surface area contributed by atoms with Crippen LogP contribution < -0.4 is 5.32 Å². The molecule has 7 heteroatoms. The second kappa shape index (κ2) is 9.74. The van der Waals surface area contributed by atoms with Gasteiger partial charge in [-0.1, -0.05) is 18.2 Å². The maximum absolute atomic E-state index is 13.7. The van der Waals surface area contributed by atoms with Crippen molar-refractivity contribution in [2.24, 2.45) is 11.8 Å². The zero-order valence-corrected chi connectivity index (χ0v) is 19.6. The molecule has 4 aliphatic rings. The number of halogens is 1. The molecule has 2 amide bonds. The van der Waals surface area contributed by atoms with Crippen LogP contribution in [0.15, 0.2) is 42.5 Å². The predicted octanol–water partition coefficient (Wildman–Crippen LogP) is 4.00. The first kappa shape index (κ1) is 22.8. The second-order valence-electron chi connectivity index (χ2n) is 9.69. The number of nitrogens with zero attached hydrogens (tertiary/aromatic N) is 2. The minimum atomic E-state index is -0.433. The lowest BCUT2D eigenvalue weighted by Gasteiger charge is -2.37. The highest BCUT2D eigenvalue weighted by molar-refractivity contribution is 5.94. The van der Waals surface area contributed by atoms with Gasteiger partial charge < -0.3 is 15.0 Å². The molecule has 6 nitrogen and oxygen atoms in total. The largest absolute Gasteiger partial charge is 0.449 e. The molecule has 34 heavy (non-hydrogen) atoms. The number of carbonyl (C=O) groups excluding carboxylic acids is 2. The number of hydrogen-bond donors (Lipinski definition) is 1. The predicted molar refractivity (Wildman–Crippen MR) is 127 cm³/mol. The van der Waals surface area contributed by atoms with Crippen LogP contribution in [0.2, 0.25) is 0 Å². The van der Waals surface area contributed by atoms with Gasteiger partial charge in [0.15, 0.2) is 0 Å². The van der Waals surface area contributed by atoms with Crippen LogP contribution in [0.25, 0.3) is 0 Å². The van der Waals surface area contributed by atoms with E-state index < -0.39 is 6.04 Å². The molecular formula is C27H32FN3O3. The van der Waals surface area contributed by atoms with Gasteiger partial charge >= 0.3 is 6.09 Å². The van der Waals surface area contributed by atoms with E-state index in [1.165, 1.54) is 25.0 Å². The molecule has 3 saturated heterocycles. The topological polar surface area (TPSA) is 61.9 Å². The lowest BCUT2D eigenvalue weighted by atomic mass is 9.85. The molecule has 4 aliphatic heterocycles. The standard InChI is InChI=1S/C27H32FN3O3/c1-29-26(32)21-3-2-19-11-15-31(25(24(19)16-21)20-4-6-23(28)7-5-20)27(33)34-17-22-10-14-30-12-8-18(22)9-13-30/h2-7,16,18,22,25H,8-15,17H2,1H3,(H,29,32)/t22?,25-/m0/s1. The number of fused-ring (bicyclic) bond motifs is 5. The molecule has 4 heterocycles. The second-order valence-corrected chi connectivity index (χ2v) is 9.69. The summed E-state index contributed by atoms with van der Waals surface area (Å²) in [5.74, 6) is 0.514. The highest BCUT2D eigenvalue weighted by Crippen LogP contribution is 2.37. The molecule has 2 aromatic carbocycles. The molecule has 6 rings (SSSR count). The third-order valence-electron chi connectivity index (χ3n) is 7.82. The smallest absolute Gasteiger partial charge is 0.410 e. The van der Waals surface area contributed by atoms with Gasteiger partial charge in [-0.2, -0.15) is 0 Å². The van der Waals surface area contributed by atoms with Crippen LogP contribution >= 0.6 is 0 Å². The van der Waals surface area contributed by atoms with Crippen molar-refractivity contribution in [3.05, 3.63) is 70.5 Å². The zero-order valence-electron chi connectivity index (χ0n) is 19.6. The number of amides is 2. The van der Waals surface area contributed by atoms with Crippen molar-refractivity contribution < 1.29 is 18.7 Å². The van der Waals surface area contributed by atoms with E-state index in [-0.39, 0.29) is 17.8 Å². The van der Waals surface area contributed by atoms with E-state index in [1.807, 2.05) is 18.2 Å². The first-order valence-electron chi connectivity index (χ1n) is 12.3. The molecule has 2 bridgehead atoms. The molecule has 1 unspecified atom stereocenters. The minimum absolute atomic E-state index is 0.181. The average molecular weight is 466 g/mol. The monoisotopic (exact) mass is 465 g/mol. The van der Waals surface area contributed by atoms with Gasteiger partial charge in [0.1, 0.15) is 5.82 Å². The summed E-state index contributed by atoms with van der Waals surface area (Å²) >= 11 is 0. The zero-order chi connectivity index (χ0) is 23.7. The van der Waals surface area contributed by atoms with E-state index >= 15 is 0 Å². The number of benzene rings is 2. The molecule has 2 aromatic rings. The lowest BCUT2D eigenvalue weighted by molar-refractivity contribution is 0.0638. The fraction of sp³-hybridized carbons (Fsp3) is 0.481. The third kappa shape index (κ3) is 4.53. The van der Waals surface area contributed by atoms with Gasteiger partial charge in [-0.3, -0.25) is 9.69 Å². The Morgan fingerprint density at radius 3 is 2.50 bits per heavy atom. The van der Waals surface area contributed by atoms with Crippen LogP contribution in [-0.4, -0.2) is 61.6 Å². The molecule has 0 radical (unpaired) electrons. The first-order valence-corrected chi connectivity index (χ1v) is 12.3. The van der Waals surface area contributed by atoms with E-state index in [1.54, 1.807) is 24.1 Å². The Morgan fingerprint density at radius 2 is 1.76 bits per heavy atom. The highest BCUT2D eigenvalue weighted by Gasteiger charge is 2.36. The summed E-state index contributed by atoms with van der Waals surface area (Å²) in [5, 5.41) is 2.66. The molecule has 0 aliphatic carbocycles. The summed E-state index contributed by atoms with van der Waals surface area (Å²) < 4.78 is 19.6. The minimum Gasteiger partial charge on any atom is -0.449 e.